The number of hydrogen-bond acceptors (Lipinski definition) is 1. The Morgan fingerprint density at radius 1 is 0.895 bits per heavy atom. The first-order valence-corrected chi connectivity index (χ1v) is 7.89. The largest absolute Gasteiger partial charge is 0.133 e. The maximum atomic E-state index is 2.31. The van der Waals surface area contributed by atoms with Crippen molar-refractivity contribution in [3.05, 3.63) is 77.2 Å². The van der Waals surface area contributed by atoms with Crippen LogP contribution in [-0.2, 0) is 0 Å². The zero-order valence-corrected chi connectivity index (χ0v) is 12.2. The SMILES string of the molecule is CCCCSC=C(c1ccccc1)c1ccccc1. The molecule has 0 nitrogen and oxygen atoms in total. The molecule has 2 aromatic carbocycles. The molecule has 0 aliphatic heterocycles. The lowest BCUT2D eigenvalue weighted by molar-refractivity contribution is 0.898. The molecule has 0 unspecified atom stereocenters. The first-order valence-electron chi connectivity index (χ1n) is 6.84. The van der Waals surface area contributed by atoms with Gasteiger partial charge in [-0.25, -0.2) is 0 Å². The van der Waals surface area contributed by atoms with Crippen molar-refractivity contribution in [1.29, 1.82) is 0 Å². The molecule has 0 N–H and O–H groups in total. The van der Waals surface area contributed by atoms with E-state index in [1.165, 1.54) is 35.3 Å². The molecule has 0 amide bonds. The zero-order valence-electron chi connectivity index (χ0n) is 11.4. The van der Waals surface area contributed by atoms with Gasteiger partial charge in [0.25, 0.3) is 0 Å². The van der Waals surface area contributed by atoms with E-state index in [9.17, 15) is 0 Å². The predicted octanol–water partition coefficient (Wildman–Crippen LogP) is 5.61. The van der Waals surface area contributed by atoms with Gasteiger partial charge in [0.05, 0.1) is 0 Å². The molecule has 0 atom stereocenters. The van der Waals surface area contributed by atoms with Crippen LogP contribution < -0.4 is 0 Å². The molecule has 1 heteroatoms. The molecule has 98 valence electrons. The lowest BCUT2D eigenvalue weighted by Crippen LogP contribution is -1.87. The van der Waals surface area contributed by atoms with Gasteiger partial charge in [0, 0.05) is 0 Å². The minimum absolute atomic E-state index is 1.19. The topological polar surface area (TPSA) is 0 Å². The molecular formula is C18H20S. The van der Waals surface area contributed by atoms with Gasteiger partial charge in [-0.2, -0.15) is 0 Å². The molecule has 2 aromatic rings. The molecule has 0 saturated carbocycles. The molecule has 0 radical (unpaired) electrons. The molecule has 0 fully saturated rings. The lowest BCUT2D eigenvalue weighted by Gasteiger charge is -2.08. The van der Waals surface area contributed by atoms with E-state index >= 15 is 0 Å². The Morgan fingerprint density at radius 3 is 1.89 bits per heavy atom. The first kappa shape index (κ1) is 14.0. The van der Waals surface area contributed by atoms with E-state index in [1.807, 2.05) is 11.8 Å². The van der Waals surface area contributed by atoms with E-state index in [1.54, 1.807) is 0 Å². The molecule has 0 saturated heterocycles. The Balaban J connectivity index is 2.24. The van der Waals surface area contributed by atoms with E-state index in [0.29, 0.717) is 0 Å². The van der Waals surface area contributed by atoms with Crippen molar-refractivity contribution in [3.63, 3.8) is 0 Å². The van der Waals surface area contributed by atoms with Crippen LogP contribution in [0.2, 0.25) is 0 Å². The highest BCUT2D eigenvalue weighted by atomic mass is 32.2. The summed E-state index contributed by atoms with van der Waals surface area (Å²) < 4.78 is 0. The summed E-state index contributed by atoms with van der Waals surface area (Å²) in [7, 11) is 0. The fourth-order valence-electron chi connectivity index (χ4n) is 1.91. The van der Waals surface area contributed by atoms with Crippen molar-refractivity contribution in [2.24, 2.45) is 0 Å². The number of thioether (sulfide) groups is 1. The standard InChI is InChI=1S/C18H20S/c1-2-3-14-19-15-18(16-10-6-4-7-11-16)17-12-8-5-9-13-17/h4-13,15H,2-3,14H2,1H3. The summed E-state index contributed by atoms with van der Waals surface area (Å²) >= 11 is 1.91. The van der Waals surface area contributed by atoms with Crippen LogP contribution in [0.4, 0.5) is 0 Å². The summed E-state index contributed by atoms with van der Waals surface area (Å²) in [5.41, 5.74) is 3.90. The Hall–Kier alpha value is -1.47. The van der Waals surface area contributed by atoms with Crippen LogP contribution in [0.15, 0.2) is 66.1 Å². The highest BCUT2D eigenvalue weighted by Gasteiger charge is 2.03. The summed E-state index contributed by atoms with van der Waals surface area (Å²) in [6.07, 6.45) is 2.53. The molecule has 0 spiro atoms. The van der Waals surface area contributed by atoms with E-state index in [2.05, 4.69) is 73.0 Å². The third-order valence-corrected chi connectivity index (χ3v) is 3.91. The highest BCUT2D eigenvalue weighted by molar-refractivity contribution is 8.02. The van der Waals surface area contributed by atoms with Crippen molar-refractivity contribution >= 4 is 17.3 Å². The summed E-state index contributed by atoms with van der Waals surface area (Å²) in [6.45, 7) is 2.24. The Kier molecular flexibility index (Phi) is 5.77. The second-order valence-corrected chi connectivity index (χ2v) is 5.47. The Labute approximate surface area is 120 Å². The summed E-state index contributed by atoms with van der Waals surface area (Å²) in [5.74, 6) is 1.19. The fourth-order valence-corrected chi connectivity index (χ4v) is 2.92. The van der Waals surface area contributed by atoms with Crippen LogP contribution in [0, 0.1) is 0 Å². The van der Waals surface area contributed by atoms with Crippen molar-refractivity contribution in [2.75, 3.05) is 5.75 Å². The predicted molar refractivity (Wildman–Crippen MR) is 87.3 cm³/mol. The van der Waals surface area contributed by atoms with Gasteiger partial charge in [-0.3, -0.25) is 0 Å². The van der Waals surface area contributed by atoms with Gasteiger partial charge in [0.15, 0.2) is 0 Å². The zero-order chi connectivity index (χ0) is 13.3. The lowest BCUT2D eigenvalue weighted by atomic mass is 10.00. The van der Waals surface area contributed by atoms with Crippen molar-refractivity contribution in [1.82, 2.24) is 0 Å². The fraction of sp³-hybridized carbons (Fsp3) is 0.222. The maximum Gasteiger partial charge on any atom is -0.00259 e. The van der Waals surface area contributed by atoms with Crippen LogP contribution in [0.25, 0.3) is 5.57 Å². The van der Waals surface area contributed by atoms with Crippen LogP contribution in [0.5, 0.6) is 0 Å². The minimum atomic E-state index is 1.19. The normalized spacial score (nSPS) is 10.2. The third-order valence-electron chi connectivity index (χ3n) is 2.99. The van der Waals surface area contributed by atoms with Crippen LogP contribution >= 0.6 is 11.8 Å². The second kappa shape index (κ2) is 7.85. The summed E-state index contributed by atoms with van der Waals surface area (Å²) in [6, 6.07) is 21.3. The molecule has 0 bridgehead atoms. The number of hydrogen-bond donors (Lipinski definition) is 0. The van der Waals surface area contributed by atoms with Gasteiger partial charge >= 0.3 is 0 Å². The van der Waals surface area contributed by atoms with E-state index in [0.717, 1.165) is 0 Å². The molecule has 2 rings (SSSR count). The van der Waals surface area contributed by atoms with Gasteiger partial charge < -0.3 is 0 Å². The molecular weight excluding hydrogens is 248 g/mol. The second-order valence-electron chi connectivity index (χ2n) is 4.49. The summed E-state index contributed by atoms with van der Waals surface area (Å²) in [4.78, 5) is 0. The minimum Gasteiger partial charge on any atom is -0.133 e. The molecule has 0 aliphatic carbocycles. The van der Waals surface area contributed by atoms with Crippen LogP contribution in [-0.4, -0.2) is 5.75 Å². The maximum absolute atomic E-state index is 2.31. The molecule has 0 aliphatic rings. The number of benzene rings is 2. The van der Waals surface area contributed by atoms with Crippen molar-refractivity contribution < 1.29 is 0 Å². The van der Waals surface area contributed by atoms with Gasteiger partial charge in [-0.15, -0.1) is 11.8 Å². The average molecular weight is 268 g/mol. The van der Waals surface area contributed by atoms with Crippen LogP contribution in [0.3, 0.4) is 0 Å². The van der Waals surface area contributed by atoms with Gasteiger partial charge in [0.1, 0.15) is 0 Å². The summed E-state index contributed by atoms with van der Waals surface area (Å²) in [5, 5.41) is 2.31. The van der Waals surface area contributed by atoms with Gasteiger partial charge in [0.2, 0.25) is 0 Å². The number of rotatable bonds is 6. The quantitative estimate of drug-likeness (QED) is 0.614. The van der Waals surface area contributed by atoms with Crippen molar-refractivity contribution in [2.45, 2.75) is 19.8 Å². The monoisotopic (exact) mass is 268 g/mol. The first-order chi connectivity index (χ1) is 9.42. The molecule has 0 aromatic heterocycles. The van der Waals surface area contributed by atoms with Gasteiger partial charge in [-0.1, -0.05) is 74.0 Å². The number of unbranched alkanes of at least 4 members (excludes halogenated alkanes) is 1. The van der Waals surface area contributed by atoms with Gasteiger partial charge in [-0.05, 0) is 34.3 Å². The van der Waals surface area contributed by atoms with E-state index in [4.69, 9.17) is 0 Å². The Morgan fingerprint density at radius 2 is 1.42 bits per heavy atom. The Bertz CT molecular complexity index is 458. The van der Waals surface area contributed by atoms with Crippen LogP contribution in [0.1, 0.15) is 30.9 Å². The third kappa shape index (κ3) is 4.29. The highest BCUT2D eigenvalue weighted by Crippen LogP contribution is 2.26. The molecule has 0 heterocycles. The average Bonchev–Trinajstić information content (AvgIpc) is 2.49. The van der Waals surface area contributed by atoms with E-state index < -0.39 is 0 Å². The smallest absolute Gasteiger partial charge is 0.00259 e. The van der Waals surface area contributed by atoms with Crippen molar-refractivity contribution in [3.8, 4) is 0 Å². The van der Waals surface area contributed by atoms with E-state index in [-0.39, 0.29) is 0 Å². The molecule has 19 heavy (non-hydrogen) atoms.